The van der Waals surface area contributed by atoms with Gasteiger partial charge in [0.25, 0.3) is 0 Å². The van der Waals surface area contributed by atoms with Gasteiger partial charge in [-0.2, -0.15) is 4.98 Å². The van der Waals surface area contributed by atoms with Crippen LogP contribution in [0.4, 0.5) is 0 Å². The third-order valence-electron chi connectivity index (χ3n) is 5.12. The molecule has 1 aromatic rings. The summed E-state index contributed by atoms with van der Waals surface area (Å²) in [6, 6.07) is -0.214. The highest BCUT2D eigenvalue weighted by Crippen LogP contribution is 2.31. The molecule has 6 nitrogen and oxygen atoms in total. The minimum atomic E-state index is -0.214. The Morgan fingerprint density at radius 1 is 1.33 bits per heavy atom. The van der Waals surface area contributed by atoms with Crippen molar-refractivity contribution in [3.63, 3.8) is 0 Å². The molecule has 2 N–H and O–H groups in total. The lowest BCUT2D eigenvalue weighted by molar-refractivity contribution is -0.122. The quantitative estimate of drug-likeness (QED) is 0.818. The third kappa shape index (κ3) is 5.18. The summed E-state index contributed by atoms with van der Waals surface area (Å²) in [5, 5.41) is 10.4. The summed E-state index contributed by atoms with van der Waals surface area (Å²) < 4.78 is 5.37. The predicted octanol–water partition coefficient (Wildman–Crippen LogP) is 3.11. The van der Waals surface area contributed by atoms with Crippen molar-refractivity contribution in [1.82, 2.24) is 20.8 Å². The average molecular weight is 357 g/mol. The Morgan fingerprint density at radius 3 is 2.83 bits per heavy atom. The van der Waals surface area contributed by atoms with Crippen LogP contribution in [0.25, 0.3) is 0 Å². The van der Waals surface area contributed by atoms with Crippen LogP contribution in [0.5, 0.6) is 0 Å². The lowest BCUT2D eigenvalue weighted by Crippen LogP contribution is -2.27. The molecule has 2 unspecified atom stereocenters. The van der Waals surface area contributed by atoms with E-state index in [2.05, 4.69) is 20.8 Å². The number of nitrogens with zero attached hydrogens (tertiary/aromatic N) is 2. The first-order chi connectivity index (χ1) is 11.2. The maximum Gasteiger partial charge on any atom is 0.248 e. The lowest BCUT2D eigenvalue weighted by Gasteiger charge is -2.17. The highest BCUT2D eigenvalue weighted by molar-refractivity contribution is 5.85. The van der Waals surface area contributed by atoms with Crippen molar-refractivity contribution in [2.24, 2.45) is 5.92 Å². The van der Waals surface area contributed by atoms with Crippen LogP contribution < -0.4 is 10.6 Å². The summed E-state index contributed by atoms with van der Waals surface area (Å²) in [6.45, 7) is 4.03. The molecule has 0 aromatic carbocycles. The molecule has 2 fully saturated rings. The van der Waals surface area contributed by atoms with Crippen LogP contribution >= 0.6 is 12.4 Å². The van der Waals surface area contributed by atoms with E-state index in [0.29, 0.717) is 24.1 Å². The molecule has 1 saturated heterocycles. The molecule has 0 spiro atoms. The van der Waals surface area contributed by atoms with E-state index in [1.54, 1.807) is 0 Å². The summed E-state index contributed by atoms with van der Waals surface area (Å²) in [5.74, 6) is 2.48. The van der Waals surface area contributed by atoms with Gasteiger partial charge in [0.1, 0.15) is 6.04 Å². The fourth-order valence-corrected chi connectivity index (χ4v) is 3.62. The average Bonchev–Trinajstić information content (AvgIpc) is 3.25. The van der Waals surface area contributed by atoms with E-state index in [-0.39, 0.29) is 24.4 Å². The van der Waals surface area contributed by atoms with Crippen molar-refractivity contribution >= 4 is 18.3 Å². The van der Waals surface area contributed by atoms with Gasteiger partial charge in [-0.1, -0.05) is 24.4 Å². The van der Waals surface area contributed by atoms with Crippen LogP contribution in [0, 0.1) is 5.92 Å². The fraction of sp³-hybridized carbons (Fsp3) is 0.824. The Labute approximate surface area is 149 Å². The molecule has 7 heteroatoms. The highest BCUT2D eigenvalue weighted by atomic mass is 35.5. The number of carbonyl (C=O) groups excluding carboxylic acids is 1. The minimum absolute atomic E-state index is 0. The van der Waals surface area contributed by atoms with E-state index in [0.717, 1.165) is 38.2 Å². The molecule has 1 amide bonds. The van der Waals surface area contributed by atoms with E-state index >= 15 is 0 Å². The molecule has 0 radical (unpaired) electrons. The normalized spacial score (nSPS) is 22.8. The van der Waals surface area contributed by atoms with Crippen LogP contribution in [0.2, 0.25) is 0 Å². The van der Waals surface area contributed by atoms with Gasteiger partial charge in [-0.05, 0) is 51.6 Å². The Kier molecular flexibility index (Phi) is 7.49. The molecule has 0 bridgehead atoms. The van der Waals surface area contributed by atoms with Gasteiger partial charge in [-0.3, -0.25) is 4.79 Å². The number of hydrogen-bond acceptors (Lipinski definition) is 5. The number of aromatic nitrogens is 2. The van der Waals surface area contributed by atoms with Crippen molar-refractivity contribution < 1.29 is 9.32 Å². The zero-order valence-electron chi connectivity index (χ0n) is 14.4. The van der Waals surface area contributed by atoms with Crippen LogP contribution in [0.3, 0.4) is 0 Å². The topological polar surface area (TPSA) is 80.0 Å². The van der Waals surface area contributed by atoms with Crippen molar-refractivity contribution in [3.8, 4) is 0 Å². The summed E-state index contributed by atoms with van der Waals surface area (Å²) in [6.07, 6.45) is 8.79. The smallest absolute Gasteiger partial charge is 0.248 e. The summed E-state index contributed by atoms with van der Waals surface area (Å²) in [7, 11) is 0. The van der Waals surface area contributed by atoms with E-state index in [1.807, 2.05) is 6.92 Å². The maximum absolute atomic E-state index is 12.1. The summed E-state index contributed by atoms with van der Waals surface area (Å²) in [4.78, 5) is 16.6. The maximum atomic E-state index is 12.1. The zero-order valence-corrected chi connectivity index (χ0v) is 15.2. The molecule has 24 heavy (non-hydrogen) atoms. The van der Waals surface area contributed by atoms with Gasteiger partial charge in [-0.15, -0.1) is 12.4 Å². The minimum Gasteiger partial charge on any atom is -0.345 e. The van der Waals surface area contributed by atoms with Crippen molar-refractivity contribution in [2.75, 3.05) is 13.1 Å². The summed E-state index contributed by atoms with van der Waals surface area (Å²) in [5.41, 5.74) is 0. The van der Waals surface area contributed by atoms with Crippen molar-refractivity contribution in [1.29, 1.82) is 0 Å². The predicted molar refractivity (Wildman–Crippen MR) is 94.1 cm³/mol. The van der Waals surface area contributed by atoms with Gasteiger partial charge in [0.15, 0.2) is 5.82 Å². The molecule has 1 aliphatic heterocycles. The molecule has 2 heterocycles. The van der Waals surface area contributed by atoms with Crippen molar-refractivity contribution in [3.05, 3.63) is 11.7 Å². The van der Waals surface area contributed by atoms with Gasteiger partial charge in [-0.25, -0.2) is 0 Å². The molecule has 1 aliphatic carbocycles. The van der Waals surface area contributed by atoms with Gasteiger partial charge in [0.2, 0.25) is 11.8 Å². The van der Waals surface area contributed by atoms with Gasteiger partial charge in [0.05, 0.1) is 0 Å². The van der Waals surface area contributed by atoms with E-state index in [1.165, 1.54) is 25.7 Å². The molecule has 1 aromatic heterocycles. The number of hydrogen-bond donors (Lipinski definition) is 2. The molecular formula is C17H29ClN4O2. The van der Waals surface area contributed by atoms with Crippen LogP contribution in [-0.4, -0.2) is 29.1 Å². The Balaban J connectivity index is 0.00000208. The van der Waals surface area contributed by atoms with Crippen LogP contribution in [0.1, 0.15) is 82.0 Å². The Hall–Kier alpha value is -1.14. The molecule has 1 saturated carbocycles. The Bertz CT molecular complexity index is 510. The number of nitrogens with one attached hydrogen (secondary N) is 2. The molecule has 2 aliphatic rings. The second-order valence-electron chi connectivity index (χ2n) is 7.01. The summed E-state index contributed by atoms with van der Waals surface area (Å²) >= 11 is 0. The van der Waals surface area contributed by atoms with E-state index < -0.39 is 0 Å². The van der Waals surface area contributed by atoms with Gasteiger partial charge in [0, 0.05) is 12.3 Å². The SMILES string of the molecule is CC(NC(=O)CCC1CCNC1)c1nc(C2CCCCC2)no1.Cl. The molecule has 3 rings (SSSR count). The zero-order chi connectivity index (χ0) is 16.1. The second kappa shape index (κ2) is 9.37. The van der Waals surface area contributed by atoms with Crippen molar-refractivity contribution in [2.45, 2.75) is 70.3 Å². The standard InChI is InChI=1S/C17H28N4O2.ClH/c1-12(19-15(22)8-7-13-9-10-18-11-13)17-20-16(21-23-17)14-5-3-2-4-6-14;/h12-14,18H,2-11H2,1H3,(H,19,22);1H. The highest BCUT2D eigenvalue weighted by Gasteiger charge is 2.23. The van der Waals surface area contributed by atoms with Gasteiger partial charge >= 0.3 is 0 Å². The van der Waals surface area contributed by atoms with Gasteiger partial charge < -0.3 is 15.2 Å². The first kappa shape index (κ1) is 19.2. The fourth-order valence-electron chi connectivity index (χ4n) is 3.62. The first-order valence-corrected chi connectivity index (χ1v) is 9.06. The number of amides is 1. The van der Waals surface area contributed by atoms with E-state index in [9.17, 15) is 4.79 Å². The monoisotopic (exact) mass is 356 g/mol. The number of rotatable bonds is 6. The molecular weight excluding hydrogens is 328 g/mol. The Morgan fingerprint density at radius 2 is 2.12 bits per heavy atom. The number of halogens is 1. The van der Waals surface area contributed by atoms with E-state index in [4.69, 9.17) is 4.52 Å². The molecule has 136 valence electrons. The second-order valence-corrected chi connectivity index (χ2v) is 7.01. The van der Waals surface area contributed by atoms with Crippen LogP contribution in [0.15, 0.2) is 4.52 Å². The lowest BCUT2D eigenvalue weighted by atomic mass is 9.89. The van der Waals surface area contributed by atoms with Crippen LogP contribution in [-0.2, 0) is 4.79 Å². The number of carbonyl (C=O) groups is 1. The third-order valence-corrected chi connectivity index (χ3v) is 5.12. The largest absolute Gasteiger partial charge is 0.345 e. The molecule has 2 atom stereocenters. The first-order valence-electron chi connectivity index (χ1n) is 9.06.